The molecule has 0 aliphatic heterocycles. The number of halogens is 1. The Bertz CT molecular complexity index is 857. The lowest BCUT2D eigenvalue weighted by Crippen LogP contribution is -2.25. The minimum atomic E-state index is -0.174. The zero-order valence-electron chi connectivity index (χ0n) is 13.5. The maximum Gasteiger partial charge on any atom is 0.255 e. The Morgan fingerprint density at radius 2 is 2.04 bits per heavy atom. The Balaban J connectivity index is 1.57. The van der Waals surface area contributed by atoms with Crippen LogP contribution in [0.5, 0.6) is 5.75 Å². The molecule has 124 valence electrons. The summed E-state index contributed by atoms with van der Waals surface area (Å²) in [7, 11) is 1.54. The molecule has 0 saturated carbocycles. The molecule has 4 nitrogen and oxygen atoms in total. The lowest BCUT2D eigenvalue weighted by molar-refractivity contribution is 0.0949. The summed E-state index contributed by atoms with van der Waals surface area (Å²) in [4.78, 5) is 12.3. The van der Waals surface area contributed by atoms with Gasteiger partial charge in [0.2, 0.25) is 0 Å². The van der Waals surface area contributed by atoms with Gasteiger partial charge in [0.1, 0.15) is 5.75 Å². The number of methoxy groups -OCH3 is 1. The van der Waals surface area contributed by atoms with Gasteiger partial charge in [0.05, 0.1) is 12.7 Å². The van der Waals surface area contributed by atoms with Crippen LogP contribution in [0, 0.1) is 0 Å². The van der Waals surface area contributed by atoms with E-state index < -0.39 is 0 Å². The topological polar surface area (TPSA) is 43.3 Å². The Labute approximate surface area is 146 Å². The fourth-order valence-corrected chi connectivity index (χ4v) is 2.91. The molecule has 1 N–H and O–H groups in total. The van der Waals surface area contributed by atoms with E-state index in [1.54, 1.807) is 18.2 Å². The molecule has 3 aromatic rings. The molecule has 5 heteroatoms. The molecule has 1 heterocycles. The number of nitrogens with one attached hydrogen (secondary N) is 1. The lowest BCUT2D eigenvalue weighted by Gasteiger charge is -2.10. The number of ether oxygens (including phenoxy) is 1. The Morgan fingerprint density at radius 1 is 1.21 bits per heavy atom. The average molecular weight is 343 g/mol. The molecular formula is C19H19ClN2O2. The number of nitrogens with zero attached hydrogens (tertiary/aromatic N) is 1. The number of fused-ring (bicyclic) bond motifs is 1. The average Bonchev–Trinajstić information content (AvgIpc) is 3.01. The second-order valence-electron chi connectivity index (χ2n) is 5.52. The maximum atomic E-state index is 12.3. The van der Waals surface area contributed by atoms with E-state index in [0.717, 1.165) is 13.0 Å². The molecule has 0 spiro atoms. The second kappa shape index (κ2) is 7.41. The molecule has 0 aliphatic rings. The molecule has 0 unspecified atom stereocenters. The van der Waals surface area contributed by atoms with Crippen LogP contribution in [0.3, 0.4) is 0 Å². The molecule has 1 amide bonds. The van der Waals surface area contributed by atoms with Crippen LogP contribution in [-0.2, 0) is 6.54 Å². The molecular weight excluding hydrogens is 324 g/mol. The van der Waals surface area contributed by atoms with Gasteiger partial charge in [-0.25, -0.2) is 0 Å². The number of rotatable bonds is 6. The Hall–Kier alpha value is -2.46. The fraction of sp³-hybridized carbons (Fsp3) is 0.211. The third-order valence-corrected chi connectivity index (χ3v) is 4.18. The number of para-hydroxylation sites is 1. The minimum Gasteiger partial charge on any atom is -0.496 e. The van der Waals surface area contributed by atoms with Crippen molar-refractivity contribution in [3.63, 3.8) is 0 Å². The zero-order valence-corrected chi connectivity index (χ0v) is 14.2. The summed E-state index contributed by atoms with van der Waals surface area (Å²) in [5.41, 5.74) is 1.66. The van der Waals surface area contributed by atoms with Crippen molar-refractivity contribution in [1.29, 1.82) is 0 Å². The van der Waals surface area contributed by atoms with E-state index in [1.807, 2.05) is 12.1 Å². The predicted octanol–water partition coefficient (Wildman–Crippen LogP) is 4.12. The normalized spacial score (nSPS) is 10.8. The largest absolute Gasteiger partial charge is 0.496 e. The van der Waals surface area contributed by atoms with Crippen molar-refractivity contribution in [1.82, 2.24) is 9.88 Å². The minimum absolute atomic E-state index is 0.174. The summed E-state index contributed by atoms with van der Waals surface area (Å²) >= 11 is 5.96. The van der Waals surface area contributed by atoms with E-state index in [4.69, 9.17) is 16.3 Å². The maximum absolute atomic E-state index is 12.3. The van der Waals surface area contributed by atoms with Crippen molar-refractivity contribution < 1.29 is 9.53 Å². The van der Waals surface area contributed by atoms with E-state index >= 15 is 0 Å². The molecule has 3 rings (SSSR count). The van der Waals surface area contributed by atoms with Crippen LogP contribution in [0.15, 0.2) is 54.7 Å². The van der Waals surface area contributed by atoms with E-state index in [2.05, 4.69) is 34.3 Å². The first-order valence-electron chi connectivity index (χ1n) is 7.84. The van der Waals surface area contributed by atoms with Gasteiger partial charge in [0.25, 0.3) is 5.91 Å². The SMILES string of the molecule is COc1ccc(Cl)cc1C(=O)NCCCn1ccc2ccccc21. The third kappa shape index (κ3) is 3.54. The van der Waals surface area contributed by atoms with Gasteiger partial charge in [-0.05, 0) is 42.1 Å². The smallest absolute Gasteiger partial charge is 0.255 e. The van der Waals surface area contributed by atoms with Gasteiger partial charge in [-0.1, -0.05) is 29.8 Å². The molecule has 1 aromatic heterocycles. The highest BCUT2D eigenvalue weighted by molar-refractivity contribution is 6.31. The first-order valence-corrected chi connectivity index (χ1v) is 8.22. The number of aryl methyl sites for hydroxylation is 1. The van der Waals surface area contributed by atoms with Gasteiger partial charge in [-0.3, -0.25) is 4.79 Å². The molecule has 24 heavy (non-hydrogen) atoms. The van der Waals surface area contributed by atoms with E-state index in [1.165, 1.54) is 18.0 Å². The third-order valence-electron chi connectivity index (χ3n) is 3.95. The van der Waals surface area contributed by atoms with Gasteiger partial charge in [0.15, 0.2) is 0 Å². The van der Waals surface area contributed by atoms with Crippen LogP contribution in [0.4, 0.5) is 0 Å². The summed E-state index contributed by atoms with van der Waals surface area (Å²) in [6.45, 7) is 1.43. The van der Waals surface area contributed by atoms with Gasteiger partial charge in [-0.2, -0.15) is 0 Å². The molecule has 0 aliphatic carbocycles. The van der Waals surface area contributed by atoms with Crippen molar-refractivity contribution in [2.75, 3.05) is 13.7 Å². The molecule has 0 bridgehead atoms. The van der Waals surface area contributed by atoms with Crippen molar-refractivity contribution >= 4 is 28.4 Å². The summed E-state index contributed by atoms with van der Waals surface area (Å²) < 4.78 is 7.41. The quantitative estimate of drug-likeness (QED) is 0.685. The van der Waals surface area contributed by atoms with Crippen molar-refractivity contribution in [3.05, 3.63) is 65.3 Å². The number of carbonyl (C=O) groups excluding carboxylic acids is 1. The van der Waals surface area contributed by atoms with Crippen LogP contribution in [0.25, 0.3) is 10.9 Å². The van der Waals surface area contributed by atoms with E-state index in [-0.39, 0.29) is 5.91 Å². The molecule has 0 fully saturated rings. The summed E-state index contributed by atoms with van der Waals surface area (Å²) in [6.07, 6.45) is 2.92. The number of carbonyl (C=O) groups is 1. The Kier molecular flexibility index (Phi) is 5.06. The van der Waals surface area contributed by atoms with E-state index in [9.17, 15) is 4.79 Å². The second-order valence-corrected chi connectivity index (χ2v) is 5.96. The highest BCUT2D eigenvalue weighted by atomic mass is 35.5. The molecule has 0 saturated heterocycles. The van der Waals surface area contributed by atoms with Crippen LogP contribution in [-0.4, -0.2) is 24.1 Å². The van der Waals surface area contributed by atoms with Gasteiger partial charge in [0, 0.05) is 29.8 Å². The lowest BCUT2D eigenvalue weighted by atomic mass is 10.2. The first-order chi connectivity index (χ1) is 11.7. The number of aromatic nitrogens is 1. The van der Waals surface area contributed by atoms with E-state index in [0.29, 0.717) is 22.9 Å². The standard InChI is InChI=1S/C19H19ClN2O2/c1-24-18-8-7-15(20)13-16(18)19(23)21-10-4-11-22-12-9-14-5-2-3-6-17(14)22/h2-3,5-9,12-13H,4,10-11H2,1H3,(H,21,23). The monoisotopic (exact) mass is 342 g/mol. The van der Waals surface area contributed by atoms with Crippen molar-refractivity contribution in [3.8, 4) is 5.75 Å². The summed E-state index contributed by atoms with van der Waals surface area (Å²) in [6, 6.07) is 15.4. The van der Waals surface area contributed by atoms with Crippen LogP contribution < -0.4 is 10.1 Å². The van der Waals surface area contributed by atoms with Gasteiger partial charge in [-0.15, -0.1) is 0 Å². The first kappa shape index (κ1) is 16.4. The number of benzene rings is 2. The summed E-state index contributed by atoms with van der Waals surface area (Å²) in [5.74, 6) is 0.347. The number of hydrogen-bond donors (Lipinski definition) is 1. The molecule has 0 radical (unpaired) electrons. The predicted molar refractivity (Wildman–Crippen MR) is 96.9 cm³/mol. The van der Waals surface area contributed by atoms with Crippen molar-refractivity contribution in [2.24, 2.45) is 0 Å². The highest BCUT2D eigenvalue weighted by Gasteiger charge is 2.12. The number of amides is 1. The molecule has 2 aromatic carbocycles. The Morgan fingerprint density at radius 3 is 2.88 bits per heavy atom. The highest BCUT2D eigenvalue weighted by Crippen LogP contribution is 2.22. The van der Waals surface area contributed by atoms with Crippen LogP contribution in [0.2, 0.25) is 5.02 Å². The van der Waals surface area contributed by atoms with Crippen LogP contribution >= 0.6 is 11.6 Å². The summed E-state index contributed by atoms with van der Waals surface area (Å²) in [5, 5.41) is 4.66. The number of hydrogen-bond acceptors (Lipinski definition) is 2. The molecule has 0 atom stereocenters. The fourth-order valence-electron chi connectivity index (χ4n) is 2.74. The van der Waals surface area contributed by atoms with Gasteiger partial charge < -0.3 is 14.6 Å². The van der Waals surface area contributed by atoms with Crippen LogP contribution in [0.1, 0.15) is 16.8 Å². The van der Waals surface area contributed by atoms with Gasteiger partial charge >= 0.3 is 0 Å². The zero-order chi connectivity index (χ0) is 16.9. The van der Waals surface area contributed by atoms with Crippen molar-refractivity contribution in [2.45, 2.75) is 13.0 Å².